The second-order valence-electron chi connectivity index (χ2n) is 5.67. The highest BCUT2D eigenvalue weighted by molar-refractivity contribution is 9.10. The summed E-state index contributed by atoms with van der Waals surface area (Å²) in [6.07, 6.45) is 2.49. The van der Waals surface area contributed by atoms with Gasteiger partial charge in [-0.05, 0) is 52.4 Å². The Balaban J connectivity index is 2.07. The molecular formula is C14H21BrN2O2S. The first-order valence-electron chi connectivity index (χ1n) is 6.90. The van der Waals surface area contributed by atoms with E-state index in [0.717, 1.165) is 12.1 Å². The lowest BCUT2D eigenvalue weighted by molar-refractivity contribution is 0.559. The van der Waals surface area contributed by atoms with E-state index >= 15 is 0 Å². The topological polar surface area (TPSA) is 58.2 Å². The molecule has 2 N–H and O–H groups in total. The minimum Gasteiger partial charge on any atom is -0.310 e. The van der Waals surface area contributed by atoms with Crippen LogP contribution in [0.15, 0.2) is 27.6 Å². The summed E-state index contributed by atoms with van der Waals surface area (Å²) in [6.45, 7) is 5.18. The van der Waals surface area contributed by atoms with E-state index in [4.69, 9.17) is 0 Å². The second kappa shape index (κ2) is 6.56. The van der Waals surface area contributed by atoms with Gasteiger partial charge in [0.2, 0.25) is 10.0 Å². The molecule has 0 bridgehead atoms. The number of halogens is 1. The predicted octanol–water partition coefficient (Wildman–Crippen LogP) is 2.64. The highest BCUT2D eigenvalue weighted by Crippen LogP contribution is 2.24. The molecule has 0 saturated heterocycles. The fourth-order valence-electron chi connectivity index (χ4n) is 1.78. The first-order valence-corrected chi connectivity index (χ1v) is 9.17. The maximum atomic E-state index is 12.2. The molecule has 6 heteroatoms. The number of hydrogen-bond donors (Lipinski definition) is 2. The van der Waals surface area contributed by atoms with E-state index in [1.807, 2.05) is 26.0 Å². The average molecular weight is 361 g/mol. The molecule has 0 radical (unpaired) electrons. The van der Waals surface area contributed by atoms with Crippen molar-refractivity contribution in [2.45, 2.75) is 44.2 Å². The van der Waals surface area contributed by atoms with E-state index in [2.05, 4.69) is 26.0 Å². The van der Waals surface area contributed by atoms with Crippen LogP contribution in [0.25, 0.3) is 0 Å². The molecule has 0 atom stereocenters. The van der Waals surface area contributed by atoms with Crippen LogP contribution in [0.5, 0.6) is 0 Å². The van der Waals surface area contributed by atoms with Crippen LogP contribution >= 0.6 is 15.9 Å². The summed E-state index contributed by atoms with van der Waals surface area (Å²) in [5.41, 5.74) is 1.09. The van der Waals surface area contributed by atoms with Crippen molar-refractivity contribution in [1.29, 1.82) is 0 Å². The summed E-state index contributed by atoms with van der Waals surface area (Å²) in [7, 11) is -3.44. The zero-order valence-electron chi connectivity index (χ0n) is 11.8. The number of nitrogens with one attached hydrogen (secondary N) is 2. The van der Waals surface area contributed by atoms with Crippen LogP contribution in [0, 0.1) is 5.92 Å². The molecule has 1 aromatic rings. The molecule has 0 aromatic heterocycles. The molecule has 1 fully saturated rings. The molecular weight excluding hydrogens is 340 g/mol. The Morgan fingerprint density at radius 2 is 2.05 bits per heavy atom. The van der Waals surface area contributed by atoms with Gasteiger partial charge in [-0.3, -0.25) is 0 Å². The van der Waals surface area contributed by atoms with Gasteiger partial charge >= 0.3 is 0 Å². The standard InChI is InChI=1S/C14H21BrN2O2S/c1-10(2)8-17-20(18,19)14-6-3-11(7-13(14)15)9-16-12-4-5-12/h3,6-7,10,12,16-17H,4-5,8-9H2,1-2H3. The number of hydrogen-bond acceptors (Lipinski definition) is 3. The Morgan fingerprint density at radius 3 is 2.60 bits per heavy atom. The van der Waals surface area contributed by atoms with Crippen LogP contribution in [-0.2, 0) is 16.6 Å². The lowest BCUT2D eigenvalue weighted by Crippen LogP contribution is -2.27. The van der Waals surface area contributed by atoms with Gasteiger partial charge in [-0.25, -0.2) is 13.1 Å². The van der Waals surface area contributed by atoms with Crippen LogP contribution in [0.2, 0.25) is 0 Å². The van der Waals surface area contributed by atoms with Gasteiger partial charge in [0.15, 0.2) is 0 Å². The monoisotopic (exact) mass is 360 g/mol. The molecule has 1 aromatic carbocycles. The summed E-state index contributed by atoms with van der Waals surface area (Å²) >= 11 is 3.37. The third kappa shape index (κ3) is 4.55. The molecule has 0 unspecified atom stereocenters. The largest absolute Gasteiger partial charge is 0.310 e. The fraction of sp³-hybridized carbons (Fsp3) is 0.571. The van der Waals surface area contributed by atoms with Crippen molar-refractivity contribution in [2.75, 3.05) is 6.54 Å². The summed E-state index contributed by atoms with van der Waals surface area (Å²) in [6, 6.07) is 6.05. The Labute approximate surface area is 129 Å². The van der Waals surface area contributed by atoms with Gasteiger partial charge in [0.05, 0.1) is 4.90 Å². The Bertz CT molecular complexity index is 569. The molecule has 1 saturated carbocycles. The molecule has 0 amide bonds. The van der Waals surface area contributed by atoms with Crippen LogP contribution < -0.4 is 10.0 Å². The lowest BCUT2D eigenvalue weighted by atomic mass is 10.2. The fourth-order valence-corrected chi connectivity index (χ4v) is 4.11. The molecule has 0 aliphatic heterocycles. The van der Waals surface area contributed by atoms with Gasteiger partial charge < -0.3 is 5.32 Å². The van der Waals surface area contributed by atoms with Gasteiger partial charge in [0.25, 0.3) is 0 Å². The normalized spacial score (nSPS) is 15.8. The zero-order valence-corrected chi connectivity index (χ0v) is 14.2. The third-order valence-electron chi connectivity index (χ3n) is 3.14. The lowest BCUT2D eigenvalue weighted by Gasteiger charge is -2.11. The van der Waals surface area contributed by atoms with Crippen molar-refractivity contribution in [3.63, 3.8) is 0 Å². The summed E-state index contributed by atoms with van der Waals surface area (Å²) in [4.78, 5) is 0.299. The van der Waals surface area contributed by atoms with Gasteiger partial charge in [0, 0.05) is 23.6 Å². The van der Waals surface area contributed by atoms with E-state index in [1.54, 1.807) is 6.07 Å². The van der Waals surface area contributed by atoms with Crippen molar-refractivity contribution >= 4 is 26.0 Å². The number of benzene rings is 1. The van der Waals surface area contributed by atoms with E-state index in [-0.39, 0.29) is 5.92 Å². The zero-order chi connectivity index (χ0) is 14.8. The molecule has 1 aliphatic carbocycles. The summed E-state index contributed by atoms with van der Waals surface area (Å²) in [5.74, 6) is 0.283. The smallest absolute Gasteiger partial charge is 0.241 e. The number of rotatable bonds is 7. The number of sulfonamides is 1. The Kier molecular flexibility index (Phi) is 5.23. The maximum absolute atomic E-state index is 12.2. The van der Waals surface area contributed by atoms with Gasteiger partial charge in [-0.15, -0.1) is 0 Å². The molecule has 4 nitrogen and oxygen atoms in total. The summed E-state index contributed by atoms with van der Waals surface area (Å²) in [5, 5.41) is 3.41. The van der Waals surface area contributed by atoms with Gasteiger partial charge in [-0.1, -0.05) is 19.9 Å². The van der Waals surface area contributed by atoms with E-state index in [1.165, 1.54) is 12.8 Å². The van der Waals surface area contributed by atoms with Crippen molar-refractivity contribution in [1.82, 2.24) is 10.0 Å². The summed E-state index contributed by atoms with van der Waals surface area (Å²) < 4.78 is 27.6. The minimum absolute atomic E-state index is 0.283. The van der Waals surface area contributed by atoms with Crippen LogP contribution in [0.4, 0.5) is 0 Å². The SMILES string of the molecule is CC(C)CNS(=O)(=O)c1ccc(CNC2CC2)cc1Br. The van der Waals surface area contributed by atoms with Crippen molar-refractivity contribution in [3.8, 4) is 0 Å². The van der Waals surface area contributed by atoms with E-state index in [0.29, 0.717) is 22.0 Å². The third-order valence-corrected chi connectivity index (χ3v) is 5.54. The molecule has 2 rings (SSSR count). The minimum atomic E-state index is -3.44. The Hall–Kier alpha value is -0.430. The Morgan fingerprint density at radius 1 is 1.35 bits per heavy atom. The van der Waals surface area contributed by atoms with Crippen molar-refractivity contribution in [2.24, 2.45) is 5.92 Å². The van der Waals surface area contributed by atoms with Crippen molar-refractivity contribution in [3.05, 3.63) is 28.2 Å². The first-order chi connectivity index (χ1) is 9.38. The second-order valence-corrected chi connectivity index (χ2v) is 8.26. The highest BCUT2D eigenvalue weighted by Gasteiger charge is 2.21. The highest BCUT2D eigenvalue weighted by atomic mass is 79.9. The van der Waals surface area contributed by atoms with Crippen molar-refractivity contribution < 1.29 is 8.42 Å². The van der Waals surface area contributed by atoms with Gasteiger partial charge in [-0.2, -0.15) is 0 Å². The van der Waals surface area contributed by atoms with E-state index in [9.17, 15) is 8.42 Å². The predicted molar refractivity (Wildman–Crippen MR) is 84.0 cm³/mol. The van der Waals surface area contributed by atoms with Crippen LogP contribution in [0.3, 0.4) is 0 Å². The van der Waals surface area contributed by atoms with Crippen LogP contribution in [-0.4, -0.2) is 21.0 Å². The maximum Gasteiger partial charge on any atom is 0.241 e. The average Bonchev–Trinajstić information content (AvgIpc) is 3.18. The first kappa shape index (κ1) is 15.9. The molecule has 0 heterocycles. The molecule has 0 spiro atoms. The molecule has 20 heavy (non-hydrogen) atoms. The molecule has 1 aliphatic rings. The van der Waals surface area contributed by atoms with Gasteiger partial charge in [0.1, 0.15) is 0 Å². The molecule has 112 valence electrons. The van der Waals surface area contributed by atoms with E-state index < -0.39 is 10.0 Å². The van der Waals surface area contributed by atoms with Crippen LogP contribution in [0.1, 0.15) is 32.3 Å². The quantitative estimate of drug-likeness (QED) is 0.785.